The maximum absolute atomic E-state index is 6.46. The Morgan fingerprint density at radius 1 is 0.362 bits per heavy atom. The van der Waals surface area contributed by atoms with E-state index in [1.54, 1.807) is 0 Å². The van der Waals surface area contributed by atoms with Gasteiger partial charge in [-0.3, -0.25) is 0 Å². The minimum atomic E-state index is -0.456. The number of benzene rings is 9. The van der Waals surface area contributed by atoms with Crippen LogP contribution in [0.3, 0.4) is 0 Å². The average Bonchev–Trinajstić information content (AvgIpc) is 4.02. The van der Waals surface area contributed by atoms with Gasteiger partial charge in [0.2, 0.25) is 0 Å². The summed E-state index contributed by atoms with van der Waals surface area (Å²) in [7, 11) is 0. The van der Waals surface area contributed by atoms with Crippen LogP contribution in [0.15, 0.2) is 205 Å². The molecular formula is C55H33NOS. The second-order valence-corrected chi connectivity index (χ2v) is 16.6. The summed E-state index contributed by atoms with van der Waals surface area (Å²) < 4.78 is 9.02. The molecule has 0 radical (unpaired) electrons. The quantitative estimate of drug-likeness (QED) is 0.178. The summed E-state index contributed by atoms with van der Waals surface area (Å²) in [6.45, 7) is 0. The Hall–Kier alpha value is -7.20. The highest BCUT2D eigenvalue weighted by molar-refractivity contribution is 7.26. The number of hydrogen-bond donors (Lipinski definition) is 0. The largest absolute Gasteiger partial charge is 0.456 e. The second kappa shape index (κ2) is 11.9. The molecule has 11 aromatic rings. The van der Waals surface area contributed by atoms with Crippen molar-refractivity contribution in [1.82, 2.24) is 0 Å². The van der Waals surface area contributed by atoms with E-state index in [0.717, 1.165) is 50.1 Å². The lowest BCUT2D eigenvalue weighted by atomic mass is 9.70. The van der Waals surface area contributed by atoms with Crippen LogP contribution in [0.5, 0.6) is 0 Å². The van der Waals surface area contributed by atoms with Gasteiger partial charge in [-0.1, -0.05) is 152 Å². The highest BCUT2D eigenvalue weighted by Crippen LogP contribution is 2.63. The van der Waals surface area contributed by atoms with Gasteiger partial charge in [-0.05, 0) is 98.6 Å². The van der Waals surface area contributed by atoms with E-state index < -0.39 is 5.41 Å². The lowest BCUT2D eigenvalue weighted by molar-refractivity contribution is 0.669. The van der Waals surface area contributed by atoms with Gasteiger partial charge in [-0.15, -0.1) is 11.3 Å². The summed E-state index contributed by atoms with van der Waals surface area (Å²) in [6, 6.07) is 73.8. The van der Waals surface area contributed by atoms with Crippen molar-refractivity contribution in [1.29, 1.82) is 0 Å². The summed E-state index contributed by atoms with van der Waals surface area (Å²) in [5, 5.41) is 4.79. The van der Waals surface area contributed by atoms with Crippen molar-refractivity contribution in [2.24, 2.45) is 0 Å². The fourth-order valence-corrected chi connectivity index (χ4v) is 11.6. The molecule has 0 saturated carbocycles. The highest BCUT2D eigenvalue weighted by atomic mass is 32.1. The fraction of sp³-hybridized carbons (Fsp3) is 0.0182. The molecule has 0 aliphatic heterocycles. The molecular weight excluding hydrogens is 723 g/mol. The molecule has 2 aliphatic carbocycles. The third-order valence-electron chi connectivity index (χ3n) is 12.7. The van der Waals surface area contributed by atoms with Crippen LogP contribution in [0.2, 0.25) is 0 Å². The van der Waals surface area contributed by atoms with Crippen molar-refractivity contribution in [3.63, 3.8) is 0 Å². The van der Waals surface area contributed by atoms with E-state index in [2.05, 4.69) is 199 Å². The van der Waals surface area contributed by atoms with E-state index in [9.17, 15) is 0 Å². The molecule has 2 nitrogen and oxygen atoms in total. The predicted molar refractivity (Wildman–Crippen MR) is 243 cm³/mol. The molecule has 13 rings (SSSR count). The van der Waals surface area contributed by atoms with Crippen molar-refractivity contribution < 1.29 is 4.42 Å². The Bertz CT molecular complexity index is 3430. The van der Waals surface area contributed by atoms with E-state index in [1.165, 1.54) is 64.7 Å². The maximum Gasteiger partial charge on any atom is 0.136 e. The fourth-order valence-electron chi connectivity index (χ4n) is 10.5. The first kappa shape index (κ1) is 31.9. The van der Waals surface area contributed by atoms with E-state index in [1.807, 2.05) is 17.4 Å². The van der Waals surface area contributed by atoms with Crippen LogP contribution in [0.4, 0.5) is 17.1 Å². The SMILES string of the molecule is c1ccc(N(c2ccc3c(c2)C2(c4ccccc4-c4ccccc42)c2ccccc2-3)c2cccc3sc4ccccc4c23)c(-c2cccc3oc4ccccc4c23)c1. The number of anilines is 3. The Morgan fingerprint density at radius 3 is 1.66 bits per heavy atom. The number of para-hydroxylation sites is 2. The van der Waals surface area contributed by atoms with Gasteiger partial charge < -0.3 is 9.32 Å². The van der Waals surface area contributed by atoms with Gasteiger partial charge in [0.15, 0.2) is 0 Å². The van der Waals surface area contributed by atoms with Crippen LogP contribution in [-0.4, -0.2) is 0 Å². The van der Waals surface area contributed by atoms with Crippen LogP contribution in [0.1, 0.15) is 22.3 Å². The lowest BCUT2D eigenvalue weighted by Gasteiger charge is -2.33. The Morgan fingerprint density at radius 2 is 0.897 bits per heavy atom. The van der Waals surface area contributed by atoms with Crippen LogP contribution < -0.4 is 4.90 Å². The summed E-state index contributed by atoms with van der Waals surface area (Å²) in [6.07, 6.45) is 0. The topological polar surface area (TPSA) is 16.4 Å². The molecule has 2 heterocycles. The zero-order chi connectivity index (χ0) is 38.0. The van der Waals surface area contributed by atoms with Crippen molar-refractivity contribution in [2.75, 3.05) is 4.90 Å². The number of nitrogens with zero attached hydrogens (tertiary/aromatic N) is 1. The zero-order valence-electron chi connectivity index (χ0n) is 31.3. The minimum Gasteiger partial charge on any atom is -0.456 e. The third-order valence-corrected chi connectivity index (χ3v) is 13.8. The summed E-state index contributed by atoms with van der Waals surface area (Å²) in [4.78, 5) is 2.53. The van der Waals surface area contributed by atoms with E-state index in [-0.39, 0.29) is 0 Å². The molecule has 1 spiro atoms. The van der Waals surface area contributed by atoms with Gasteiger partial charge in [0.25, 0.3) is 0 Å². The first-order valence-corrected chi connectivity index (χ1v) is 20.7. The van der Waals surface area contributed by atoms with Gasteiger partial charge in [0, 0.05) is 42.2 Å². The molecule has 0 bridgehead atoms. The normalized spacial score (nSPS) is 13.3. The first-order valence-electron chi connectivity index (χ1n) is 19.9. The van der Waals surface area contributed by atoms with Crippen molar-refractivity contribution >= 4 is 70.5 Å². The van der Waals surface area contributed by atoms with Gasteiger partial charge in [0.05, 0.1) is 16.8 Å². The predicted octanol–water partition coefficient (Wildman–Crippen LogP) is 15.4. The van der Waals surface area contributed by atoms with Crippen LogP contribution in [0.25, 0.3) is 75.5 Å². The monoisotopic (exact) mass is 755 g/mol. The molecule has 0 fully saturated rings. The zero-order valence-corrected chi connectivity index (χ0v) is 32.1. The number of hydrogen-bond acceptors (Lipinski definition) is 3. The Balaban J connectivity index is 1.14. The molecule has 9 aromatic carbocycles. The lowest BCUT2D eigenvalue weighted by Crippen LogP contribution is -2.26. The van der Waals surface area contributed by atoms with Gasteiger partial charge in [-0.2, -0.15) is 0 Å². The van der Waals surface area contributed by atoms with Crippen molar-refractivity contribution in [3.8, 4) is 33.4 Å². The summed E-state index contributed by atoms with van der Waals surface area (Å²) in [5.74, 6) is 0. The van der Waals surface area contributed by atoms with Crippen molar-refractivity contribution in [3.05, 3.63) is 222 Å². The van der Waals surface area contributed by atoms with Crippen LogP contribution in [0, 0.1) is 0 Å². The molecule has 0 N–H and O–H groups in total. The van der Waals surface area contributed by atoms with Crippen LogP contribution >= 0.6 is 11.3 Å². The van der Waals surface area contributed by atoms with E-state index in [0.29, 0.717) is 0 Å². The first-order chi connectivity index (χ1) is 28.8. The number of furan rings is 1. The third kappa shape index (κ3) is 4.16. The number of fused-ring (bicyclic) bond motifs is 16. The average molecular weight is 756 g/mol. The van der Waals surface area contributed by atoms with Crippen LogP contribution in [-0.2, 0) is 5.41 Å². The smallest absolute Gasteiger partial charge is 0.136 e. The Kier molecular flexibility index (Phi) is 6.56. The van der Waals surface area contributed by atoms with E-state index in [4.69, 9.17) is 4.42 Å². The molecule has 0 atom stereocenters. The maximum atomic E-state index is 6.46. The second-order valence-electron chi connectivity index (χ2n) is 15.5. The number of thiophene rings is 1. The molecule has 3 heteroatoms. The molecule has 2 aliphatic rings. The molecule has 58 heavy (non-hydrogen) atoms. The van der Waals surface area contributed by atoms with Gasteiger partial charge in [-0.25, -0.2) is 0 Å². The standard InChI is InChI=1S/C55H33NOS/c1-7-22-43-35(15-1)36-16-2-8-23-44(36)55(43)45-24-9-3-17-37(45)38-32-31-34(33-46(38)55)56(48-26-14-30-52-54(48)42-20-6-12-29-51(42)58-52)47-25-10-4-18-39(47)40-21-13-28-50-53(40)41-19-5-11-27-49(41)57-50/h1-33H. The molecule has 270 valence electrons. The molecule has 0 amide bonds. The van der Waals surface area contributed by atoms with Gasteiger partial charge in [0.1, 0.15) is 11.2 Å². The Labute approximate surface area is 339 Å². The molecule has 2 aromatic heterocycles. The summed E-state index contributed by atoms with van der Waals surface area (Å²) in [5.41, 5.74) is 17.6. The van der Waals surface area contributed by atoms with Gasteiger partial charge >= 0.3 is 0 Å². The highest BCUT2D eigenvalue weighted by Gasteiger charge is 2.51. The van der Waals surface area contributed by atoms with E-state index >= 15 is 0 Å². The summed E-state index contributed by atoms with van der Waals surface area (Å²) >= 11 is 1.86. The minimum absolute atomic E-state index is 0.456. The molecule has 0 saturated heterocycles. The van der Waals surface area contributed by atoms with Crippen molar-refractivity contribution in [2.45, 2.75) is 5.41 Å². The number of rotatable bonds is 4. The molecule has 0 unspecified atom stereocenters.